The van der Waals surface area contributed by atoms with Crippen LogP contribution in [0.1, 0.15) is 18.4 Å². The molecular weight excluding hydrogens is 368 g/mol. The van der Waals surface area contributed by atoms with Gasteiger partial charge in [0.05, 0.1) is 17.4 Å². The third-order valence-corrected chi connectivity index (χ3v) is 4.85. The summed E-state index contributed by atoms with van der Waals surface area (Å²) >= 11 is 0. The van der Waals surface area contributed by atoms with E-state index in [1.54, 1.807) is 30.3 Å². The summed E-state index contributed by atoms with van der Waals surface area (Å²) in [6, 6.07) is 7.78. The molecule has 0 saturated heterocycles. The van der Waals surface area contributed by atoms with E-state index in [1.165, 1.54) is 0 Å². The van der Waals surface area contributed by atoms with Crippen LogP contribution in [0.3, 0.4) is 0 Å². The SMILES string of the molecule is CNC(=O)CCCn1cc(-n2ccnc2-c2cc3cc(C)ccc3[nH]c2=O)cn1. The molecule has 0 aliphatic carbocycles. The van der Waals surface area contributed by atoms with Crippen molar-refractivity contribution in [3.05, 3.63) is 65.0 Å². The molecule has 0 aliphatic heterocycles. The summed E-state index contributed by atoms with van der Waals surface area (Å²) < 4.78 is 3.63. The molecule has 0 radical (unpaired) electrons. The van der Waals surface area contributed by atoms with Crippen molar-refractivity contribution in [3.63, 3.8) is 0 Å². The summed E-state index contributed by atoms with van der Waals surface area (Å²) in [7, 11) is 1.63. The number of nitrogens with zero attached hydrogens (tertiary/aromatic N) is 4. The molecule has 8 heteroatoms. The molecule has 148 valence electrons. The summed E-state index contributed by atoms with van der Waals surface area (Å²) in [6.45, 7) is 2.65. The van der Waals surface area contributed by atoms with Gasteiger partial charge in [0, 0.05) is 44.1 Å². The number of aryl methyl sites for hydroxylation is 2. The minimum atomic E-state index is -0.188. The number of hydrogen-bond donors (Lipinski definition) is 2. The van der Waals surface area contributed by atoms with Gasteiger partial charge in [-0.05, 0) is 36.9 Å². The lowest BCUT2D eigenvalue weighted by atomic mass is 10.1. The van der Waals surface area contributed by atoms with Crippen molar-refractivity contribution in [2.75, 3.05) is 7.05 Å². The molecule has 3 aromatic heterocycles. The first-order valence-electron chi connectivity index (χ1n) is 9.46. The number of fused-ring (bicyclic) bond motifs is 1. The van der Waals surface area contributed by atoms with Gasteiger partial charge in [0.1, 0.15) is 5.82 Å². The number of pyridine rings is 1. The van der Waals surface area contributed by atoms with Crippen molar-refractivity contribution in [3.8, 4) is 17.1 Å². The Bertz CT molecular complexity index is 1230. The van der Waals surface area contributed by atoms with Gasteiger partial charge in [-0.1, -0.05) is 11.6 Å². The number of aromatic amines is 1. The molecule has 0 fully saturated rings. The van der Waals surface area contributed by atoms with E-state index in [4.69, 9.17) is 0 Å². The van der Waals surface area contributed by atoms with Crippen molar-refractivity contribution < 1.29 is 4.79 Å². The zero-order valence-corrected chi connectivity index (χ0v) is 16.3. The van der Waals surface area contributed by atoms with Crippen LogP contribution >= 0.6 is 0 Å². The molecule has 0 unspecified atom stereocenters. The van der Waals surface area contributed by atoms with E-state index < -0.39 is 0 Å². The van der Waals surface area contributed by atoms with Gasteiger partial charge in [-0.15, -0.1) is 0 Å². The first kappa shape index (κ1) is 18.7. The molecule has 0 saturated carbocycles. The molecular formula is C21H22N6O2. The van der Waals surface area contributed by atoms with Crippen LogP contribution in [0.25, 0.3) is 28.0 Å². The maximum Gasteiger partial charge on any atom is 0.259 e. The normalized spacial score (nSPS) is 11.1. The van der Waals surface area contributed by atoms with Crippen LogP contribution in [-0.4, -0.2) is 37.3 Å². The second-order valence-corrected chi connectivity index (χ2v) is 6.96. The average molecular weight is 390 g/mol. The molecule has 1 aromatic carbocycles. The fourth-order valence-corrected chi connectivity index (χ4v) is 3.33. The summed E-state index contributed by atoms with van der Waals surface area (Å²) in [5.41, 5.74) is 3.04. The Hall–Kier alpha value is -3.68. The lowest BCUT2D eigenvalue weighted by Crippen LogP contribution is -2.17. The van der Waals surface area contributed by atoms with Crippen LogP contribution in [0, 0.1) is 6.92 Å². The summed E-state index contributed by atoms with van der Waals surface area (Å²) in [5.74, 6) is 0.569. The number of nitrogens with one attached hydrogen (secondary N) is 2. The smallest absolute Gasteiger partial charge is 0.259 e. The number of aromatic nitrogens is 5. The quantitative estimate of drug-likeness (QED) is 0.528. The Balaban J connectivity index is 1.64. The third kappa shape index (κ3) is 3.82. The predicted molar refractivity (Wildman–Crippen MR) is 111 cm³/mol. The van der Waals surface area contributed by atoms with E-state index in [2.05, 4.69) is 20.4 Å². The Kier molecular flexibility index (Phi) is 4.99. The second-order valence-electron chi connectivity index (χ2n) is 6.96. The zero-order chi connectivity index (χ0) is 20.4. The van der Waals surface area contributed by atoms with Crippen molar-refractivity contribution in [2.45, 2.75) is 26.3 Å². The van der Waals surface area contributed by atoms with Crippen molar-refractivity contribution in [1.29, 1.82) is 0 Å². The maximum absolute atomic E-state index is 12.7. The number of H-pyrrole nitrogens is 1. The highest BCUT2D eigenvalue weighted by molar-refractivity contribution is 5.83. The third-order valence-electron chi connectivity index (χ3n) is 4.85. The van der Waals surface area contributed by atoms with Crippen LogP contribution in [0.5, 0.6) is 0 Å². The second kappa shape index (κ2) is 7.75. The maximum atomic E-state index is 12.7. The molecule has 0 spiro atoms. The Morgan fingerprint density at radius 1 is 1.28 bits per heavy atom. The van der Waals surface area contributed by atoms with E-state index in [-0.39, 0.29) is 11.5 Å². The minimum Gasteiger partial charge on any atom is -0.359 e. The van der Waals surface area contributed by atoms with E-state index in [0.717, 1.165) is 22.2 Å². The fourth-order valence-electron chi connectivity index (χ4n) is 3.33. The number of hydrogen-bond acceptors (Lipinski definition) is 4. The van der Waals surface area contributed by atoms with Crippen LogP contribution in [0.15, 0.2) is 53.8 Å². The van der Waals surface area contributed by atoms with Gasteiger partial charge in [0.25, 0.3) is 5.56 Å². The molecule has 29 heavy (non-hydrogen) atoms. The van der Waals surface area contributed by atoms with Gasteiger partial charge in [-0.25, -0.2) is 4.98 Å². The lowest BCUT2D eigenvalue weighted by molar-refractivity contribution is -0.120. The van der Waals surface area contributed by atoms with Crippen LogP contribution in [0.4, 0.5) is 0 Å². The topological polar surface area (TPSA) is 97.6 Å². The lowest BCUT2D eigenvalue weighted by Gasteiger charge is -2.07. The molecule has 3 heterocycles. The number of imidazole rings is 1. The Labute approximate surface area is 167 Å². The van der Waals surface area contributed by atoms with Crippen LogP contribution in [0.2, 0.25) is 0 Å². The number of amides is 1. The monoisotopic (exact) mass is 390 g/mol. The van der Waals surface area contributed by atoms with E-state index in [0.29, 0.717) is 30.8 Å². The van der Waals surface area contributed by atoms with E-state index >= 15 is 0 Å². The van der Waals surface area contributed by atoms with Crippen molar-refractivity contribution >= 4 is 16.8 Å². The molecule has 4 aromatic rings. The van der Waals surface area contributed by atoms with Gasteiger partial charge < -0.3 is 10.3 Å². The largest absolute Gasteiger partial charge is 0.359 e. The minimum absolute atomic E-state index is 0.0139. The zero-order valence-electron chi connectivity index (χ0n) is 16.3. The number of rotatable bonds is 6. The van der Waals surface area contributed by atoms with Crippen molar-refractivity contribution in [1.82, 2.24) is 29.6 Å². The highest BCUT2D eigenvalue weighted by Gasteiger charge is 2.14. The summed E-state index contributed by atoms with van der Waals surface area (Å²) in [4.78, 5) is 31.4. The van der Waals surface area contributed by atoms with Gasteiger partial charge in [0.15, 0.2) is 0 Å². The Morgan fingerprint density at radius 2 is 2.14 bits per heavy atom. The number of carbonyl (C=O) groups is 1. The van der Waals surface area contributed by atoms with Gasteiger partial charge in [0.2, 0.25) is 5.91 Å². The fraction of sp³-hybridized carbons (Fsp3) is 0.238. The van der Waals surface area contributed by atoms with Gasteiger partial charge in [-0.2, -0.15) is 5.10 Å². The first-order valence-corrected chi connectivity index (χ1v) is 9.46. The van der Waals surface area contributed by atoms with Gasteiger partial charge >= 0.3 is 0 Å². The van der Waals surface area contributed by atoms with E-state index in [1.807, 2.05) is 42.0 Å². The Morgan fingerprint density at radius 3 is 2.97 bits per heavy atom. The summed E-state index contributed by atoms with van der Waals surface area (Å²) in [5, 5.41) is 7.93. The molecule has 1 amide bonds. The molecule has 2 N–H and O–H groups in total. The molecule has 0 atom stereocenters. The molecule has 0 aliphatic rings. The van der Waals surface area contributed by atoms with E-state index in [9.17, 15) is 9.59 Å². The molecule has 8 nitrogen and oxygen atoms in total. The van der Waals surface area contributed by atoms with Gasteiger partial charge in [-0.3, -0.25) is 18.8 Å². The standard InChI is InChI=1S/C21H22N6O2/c1-14-5-6-18-15(10-14)11-17(21(29)25-18)20-23-7-9-27(20)16-12-24-26(13-16)8-3-4-19(28)22-2/h5-7,9-13H,3-4,8H2,1-2H3,(H,22,28)(H,25,29). The summed E-state index contributed by atoms with van der Waals surface area (Å²) in [6.07, 6.45) is 8.23. The van der Waals surface area contributed by atoms with Crippen molar-refractivity contribution in [2.24, 2.45) is 0 Å². The van der Waals surface area contributed by atoms with Crippen LogP contribution < -0.4 is 10.9 Å². The predicted octanol–water partition coefficient (Wildman–Crippen LogP) is 2.41. The number of carbonyl (C=O) groups excluding carboxylic acids is 1. The van der Waals surface area contributed by atoms with Crippen LogP contribution in [-0.2, 0) is 11.3 Å². The number of benzene rings is 1. The molecule has 0 bridgehead atoms. The molecule has 4 rings (SSSR count). The highest BCUT2D eigenvalue weighted by Crippen LogP contribution is 2.22. The first-order chi connectivity index (χ1) is 14.0. The average Bonchev–Trinajstić information content (AvgIpc) is 3.37. The highest BCUT2D eigenvalue weighted by atomic mass is 16.1.